The second-order valence-corrected chi connectivity index (χ2v) is 7.04. The second kappa shape index (κ2) is 7.53. The summed E-state index contributed by atoms with van der Waals surface area (Å²) in [5.74, 6) is -0.217. The van der Waals surface area contributed by atoms with Crippen molar-refractivity contribution in [2.45, 2.75) is 40.2 Å². The van der Waals surface area contributed by atoms with Crippen LogP contribution in [0.1, 0.15) is 45.7 Å². The Hall–Kier alpha value is -0.450. The Kier molecular flexibility index (Phi) is 6.62. The fourth-order valence-electron chi connectivity index (χ4n) is 2.29. The lowest BCUT2D eigenvalue weighted by Crippen LogP contribution is -2.40. The van der Waals surface area contributed by atoms with E-state index in [-0.39, 0.29) is 17.3 Å². The van der Waals surface area contributed by atoms with Gasteiger partial charge >= 0.3 is 0 Å². The predicted octanol–water partition coefficient (Wildman–Crippen LogP) is 4.35. The summed E-state index contributed by atoms with van der Waals surface area (Å²) < 4.78 is 13.9. The average Bonchev–Trinajstić information content (AvgIpc) is 2.40. The molecule has 0 saturated carbocycles. The van der Waals surface area contributed by atoms with E-state index in [0.29, 0.717) is 11.0 Å². The predicted molar refractivity (Wildman–Crippen MR) is 87.2 cm³/mol. The molecule has 0 aromatic heterocycles. The van der Waals surface area contributed by atoms with E-state index in [1.165, 1.54) is 6.07 Å². The lowest BCUT2D eigenvalue weighted by molar-refractivity contribution is 0.140. The number of rotatable bonds is 7. The topological polar surface area (TPSA) is 29.3 Å². The molecule has 2 N–H and O–H groups in total. The lowest BCUT2D eigenvalue weighted by atomic mass is 9.91. The number of halogens is 2. The normalized spacial score (nSPS) is 13.8. The summed E-state index contributed by atoms with van der Waals surface area (Å²) in [6, 6.07) is 5.51. The molecule has 1 aromatic rings. The molecular weight excluding hydrogens is 319 g/mol. The zero-order valence-corrected chi connectivity index (χ0v) is 14.5. The Balaban J connectivity index is 2.92. The molecule has 1 rings (SSSR count). The first kappa shape index (κ1) is 17.6. The molecule has 0 bridgehead atoms. The highest BCUT2D eigenvalue weighted by Crippen LogP contribution is 2.28. The van der Waals surface area contributed by atoms with Crippen LogP contribution in [0, 0.1) is 11.2 Å². The molecular formula is C16H26BrFN2. The zero-order chi connectivity index (χ0) is 15.3. The molecule has 0 fully saturated rings. The summed E-state index contributed by atoms with van der Waals surface area (Å²) >= 11 is 3.26. The molecule has 0 spiro atoms. The standard InChI is InChI=1S/C16H26BrFN2/c1-5-8-20(11-16(3,4)10-19)12(2)13-6-7-15(18)14(17)9-13/h6-7,9,12H,5,8,10-11,19H2,1-4H3. The Labute approximate surface area is 130 Å². The van der Waals surface area contributed by atoms with Gasteiger partial charge in [-0.1, -0.05) is 26.8 Å². The summed E-state index contributed by atoms with van der Waals surface area (Å²) in [6.45, 7) is 11.3. The maximum absolute atomic E-state index is 13.4. The van der Waals surface area contributed by atoms with Crippen LogP contribution in [0.3, 0.4) is 0 Å². The molecule has 0 radical (unpaired) electrons. The van der Waals surface area contributed by atoms with E-state index >= 15 is 0 Å². The van der Waals surface area contributed by atoms with E-state index in [1.54, 1.807) is 0 Å². The maximum atomic E-state index is 13.4. The quantitative estimate of drug-likeness (QED) is 0.796. The number of hydrogen-bond donors (Lipinski definition) is 1. The zero-order valence-electron chi connectivity index (χ0n) is 12.9. The third-order valence-corrected chi connectivity index (χ3v) is 4.28. The van der Waals surface area contributed by atoms with Gasteiger partial charge in [0.2, 0.25) is 0 Å². The molecule has 0 heterocycles. The average molecular weight is 345 g/mol. The van der Waals surface area contributed by atoms with Crippen molar-refractivity contribution in [1.29, 1.82) is 0 Å². The molecule has 0 saturated heterocycles. The van der Waals surface area contributed by atoms with Crippen molar-refractivity contribution in [2.24, 2.45) is 11.1 Å². The third-order valence-electron chi connectivity index (χ3n) is 3.67. The first-order chi connectivity index (χ1) is 9.30. The number of benzene rings is 1. The Morgan fingerprint density at radius 1 is 1.40 bits per heavy atom. The molecule has 0 aliphatic heterocycles. The van der Waals surface area contributed by atoms with Gasteiger partial charge in [-0.25, -0.2) is 4.39 Å². The molecule has 2 nitrogen and oxygen atoms in total. The second-order valence-electron chi connectivity index (χ2n) is 6.19. The molecule has 1 unspecified atom stereocenters. The molecule has 1 atom stereocenters. The van der Waals surface area contributed by atoms with Gasteiger partial charge in [-0.15, -0.1) is 0 Å². The first-order valence-electron chi connectivity index (χ1n) is 7.20. The summed E-state index contributed by atoms with van der Waals surface area (Å²) in [5.41, 5.74) is 7.06. The van der Waals surface area contributed by atoms with E-state index in [1.807, 2.05) is 12.1 Å². The Morgan fingerprint density at radius 3 is 2.55 bits per heavy atom. The van der Waals surface area contributed by atoms with Crippen molar-refractivity contribution in [1.82, 2.24) is 4.90 Å². The Bertz CT molecular complexity index is 434. The van der Waals surface area contributed by atoms with Crippen LogP contribution in [0.4, 0.5) is 4.39 Å². The van der Waals surface area contributed by atoms with Gasteiger partial charge in [0.05, 0.1) is 4.47 Å². The molecule has 1 aromatic carbocycles. The van der Waals surface area contributed by atoms with Crippen LogP contribution in [0.2, 0.25) is 0 Å². The van der Waals surface area contributed by atoms with Crippen molar-refractivity contribution in [3.05, 3.63) is 34.1 Å². The molecule has 0 aliphatic rings. The SMILES string of the molecule is CCCN(CC(C)(C)CN)C(C)c1ccc(F)c(Br)c1. The van der Waals surface area contributed by atoms with Crippen molar-refractivity contribution in [3.63, 3.8) is 0 Å². The van der Waals surface area contributed by atoms with Crippen LogP contribution >= 0.6 is 15.9 Å². The fraction of sp³-hybridized carbons (Fsp3) is 0.625. The fourth-order valence-corrected chi connectivity index (χ4v) is 2.69. The summed E-state index contributed by atoms with van der Waals surface area (Å²) in [5, 5.41) is 0. The van der Waals surface area contributed by atoms with E-state index in [0.717, 1.165) is 25.1 Å². The van der Waals surface area contributed by atoms with Gasteiger partial charge in [0.1, 0.15) is 5.82 Å². The minimum atomic E-state index is -0.217. The van der Waals surface area contributed by atoms with Gasteiger partial charge in [0.15, 0.2) is 0 Å². The van der Waals surface area contributed by atoms with Crippen molar-refractivity contribution >= 4 is 15.9 Å². The van der Waals surface area contributed by atoms with Crippen LogP contribution in [-0.2, 0) is 0 Å². The maximum Gasteiger partial charge on any atom is 0.137 e. The first-order valence-corrected chi connectivity index (χ1v) is 7.99. The summed E-state index contributed by atoms with van der Waals surface area (Å²) in [7, 11) is 0. The molecule has 0 amide bonds. The van der Waals surface area contributed by atoms with Gasteiger partial charge in [0, 0.05) is 12.6 Å². The summed E-state index contributed by atoms with van der Waals surface area (Å²) in [6.07, 6.45) is 1.09. The van der Waals surface area contributed by atoms with E-state index in [4.69, 9.17) is 5.73 Å². The molecule has 20 heavy (non-hydrogen) atoms. The highest BCUT2D eigenvalue weighted by atomic mass is 79.9. The minimum Gasteiger partial charge on any atom is -0.330 e. The van der Waals surface area contributed by atoms with E-state index < -0.39 is 0 Å². The van der Waals surface area contributed by atoms with Gasteiger partial charge in [-0.05, 0) is 65.5 Å². The summed E-state index contributed by atoms with van der Waals surface area (Å²) in [4.78, 5) is 2.42. The molecule has 0 aliphatic carbocycles. The molecule has 4 heteroatoms. The van der Waals surface area contributed by atoms with E-state index in [2.05, 4.69) is 48.5 Å². The number of nitrogens with two attached hydrogens (primary N) is 1. The van der Waals surface area contributed by atoms with Gasteiger partial charge in [0.25, 0.3) is 0 Å². The van der Waals surface area contributed by atoms with Crippen molar-refractivity contribution in [2.75, 3.05) is 19.6 Å². The van der Waals surface area contributed by atoms with Gasteiger partial charge in [-0.3, -0.25) is 4.90 Å². The lowest BCUT2D eigenvalue weighted by Gasteiger charge is -2.36. The number of hydrogen-bond acceptors (Lipinski definition) is 2. The van der Waals surface area contributed by atoms with Crippen LogP contribution in [0.15, 0.2) is 22.7 Å². The van der Waals surface area contributed by atoms with Crippen LogP contribution in [-0.4, -0.2) is 24.5 Å². The van der Waals surface area contributed by atoms with Crippen molar-refractivity contribution < 1.29 is 4.39 Å². The van der Waals surface area contributed by atoms with Crippen LogP contribution < -0.4 is 5.73 Å². The monoisotopic (exact) mass is 344 g/mol. The number of nitrogens with zero attached hydrogens (tertiary/aromatic N) is 1. The highest BCUT2D eigenvalue weighted by molar-refractivity contribution is 9.10. The third kappa shape index (κ3) is 4.83. The van der Waals surface area contributed by atoms with Crippen LogP contribution in [0.25, 0.3) is 0 Å². The van der Waals surface area contributed by atoms with E-state index in [9.17, 15) is 4.39 Å². The highest BCUT2D eigenvalue weighted by Gasteiger charge is 2.24. The smallest absolute Gasteiger partial charge is 0.137 e. The van der Waals surface area contributed by atoms with Gasteiger partial charge in [-0.2, -0.15) is 0 Å². The van der Waals surface area contributed by atoms with Crippen LogP contribution in [0.5, 0.6) is 0 Å². The molecule has 114 valence electrons. The Morgan fingerprint density at radius 2 is 2.05 bits per heavy atom. The minimum absolute atomic E-state index is 0.0840. The van der Waals surface area contributed by atoms with Gasteiger partial charge < -0.3 is 5.73 Å². The largest absolute Gasteiger partial charge is 0.330 e. The van der Waals surface area contributed by atoms with Crippen molar-refractivity contribution in [3.8, 4) is 0 Å².